The van der Waals surface area contributed by atoms with Crippen molar-refractivity contribution >= 4 is 17.2 Å². The first-order valence-electron chi connectivity index (χ1n) is 9.22. The van der Waals surface area contributed by atoms with Crippen LogP contribution >= 0.6 is 11.3 Å². The number of thiophene rings is 1. The van der Waals surface area contributed by atoms with E-state index < -0.39 is 0 Å². The summed E-state index contributed by atoms with van der Waals surface area (Å²) in [5.74, 6) is -0.366. The van der Waals surface area contributed by atoms with Crippen molar-refractivity contribution in [2.75, 3.05) is 0 Å². The van der Waals surface area contributed by atoms with Crippen molar-refractivity contribution in [3.8, 4) is 0 Å². The maximum Gasteiger partial charge on any atom is 0.263 e. The number of hydrogen-bond acceptors (Lipinski definition) is 5. The van der Waals surface area contributed by atoms with Gasteiger partial charge in [0.05, 0.1) is 18.8 Å². The van der Waals surface area contributed by atoms with Crippen LogP contribution in [0.4, 0.5) is 0 Å². The molecule has 0 spiro atoms. The Bertz CT molecular complexity index is 1030. The summed E-state index contributed by atoms with van der Waals surface area (Å²) in [6.45, 7) is 2.51. The lowest BCUT2D eigenvalue weighted by molar-refractivity contribution is 0.0930. The Morgan fingerprint density at radius 2 is 1.96 bits per heavy atom. The average molecular weight is 395 g/mol. The van der Waals surface area contributed by atoms with Gasteiger partial charge in [-0.2, -0.15) is 0 Å². The van der Waals surface area contributed by atoms with Gasteiger partial charge in [-0.1, -0.05) is 30.3 Å². The van der Waals surface area contributed by atoms with E-state index in [1.807, 2.05) is 30.3 Å². The third-order valence-electron chi connectivity index (χ3n) is 4.77. The predicted molar refractivity (Wildman–Crippen MR) is 110 cm³/mol. The molecule has 2 unspecified atom stereocenters. The summed E-state index contributed by atoms with van der Waals surface area (Å²) in [5, 5.41) is 2.91. The van der Waals surface area contributed by atoms with Gasteiger partial charge in [-0.25, -0.2) is 10.9 Å². The van der Waals surface area contributed by atoms with Crippen molar-refractivity contribution < 1.29 is 4.79 Å². The molecule has 1 fully saturated rings. The normalized spacial score (nSPS) is 18.9. The van der Waals surface area contributed by atoms with Gasteiger partial charge in [0.1, 0.15) is 5.56 Å². The van der Waals surface area contributed by atoms with Crippen LogP contribution in [0.3, 0.4) is 0 Å². The minimum Gasteiger partial charge on any atom is -0.335 e. The molecular formula is C21H22N4O2S. The van der Waals surface area contributed by atoms with E-state index in [0.29, 0.717) is 6.54 Å². The molecule has 144 valence electrons. The van der Waals surface area contributed by atoms with E-state index in [1.165, 1.54) is 9.75 Å². The number of aromatic nitrogens is 1. The van der Waals surface area contributed by atoms with Gasteiger partial charge in [0, 0.05) is 22.4 Å². The molecule has 1 saturated heterocycles. The zero-order chi connectivity index (χ0) is 19.5. The number of rotatable bonds is 5. The van der Waals surface area contributed by atoms with Crippen LogP contribution in [0.2, 0.25) is 0 Å². The van der Waals surface area contributed by atoms with E-state index in [9.17, 15) is 9.59 Å². The first-order chi connectivity index (χ1) is 13.6. The number of hydrogen-bond donors (Lipinski definition) is 3. The summed E-state index contributed by atoms with van der Waals surface area (Å²) < 4.78 is 1.56. The Morgan fingerprint density at radius 1 is 1.14 bits per heavy atom. The molecule has 7 heteroatoms. The zero-order valence-electron chi connectivity index (χ0n) is 15.5. The molecule has 3 N–H and O–H groups in total. The van der Waals surface area contributed by atoms with E-state index in [-0.39, 0.29) is 29.2 Å². The Balaban J connectivity index is 1.44. The van der Waals surface area contributed by atoms with Gasteiger partial charge < -0.3 is 9.88 Å². The van der Waals surface area contributed by atoms with Crippen molar-refractivity contribution in [3.63, 3.8) is 0 Å². The highest BCUT2D eigenvalue weighted by molar-refractivity contribution is 7.12. The first-order valence-corrected chi connectivity index (χ1v) is 10.0. The molecule has 3 aromatic rings. The Morgan fingerprint density at radius 3 is 2.71 bits per heavy atom. The highest BCUT2D eigenvalue weighted by atomic mass is 32.1. The second-order valence-corrected chi connectivity index (χ2v) is 8.21. The maximum absolute atomic E-state index is 12.7. The Labute approximate surface area is 167 Å². The molecule has 0 aliphatic carbocycles. The third kappa shape index (κ3) is 4.06. The summed E-state index contributed by atoms with van der Waals surface area (Å²) in [7, 11) is 0. The monoisotopic (exact) mass is 394 g/mol. The quantitative estimate of drug-likeness (QED) is 0.622. The summed E-state index contributed by atoms with van der Waals surface area (Å²) in [6, 6.07) is 17.4. The number of carbonyl (C=O) groups is 1. The summed E-state index contributed by atoms with van der Waals surface area (Å²) in [5.41, 5.74) is 7.19. The van der Waals surface area contributed by atoms with Crippen LogP contribution in [0, 0.1) is 6.92 Å². The van der Waals surface area contributed by atoms with Crippen LogP contribution < -0.4 is 21.7 Å². The van der Waals surface area contributed by atoms with Crippen LogP contribution in [0.25, 0.3) is 0 Å². The van der Waals surface area contributed by atoms with Gasteiger partial charge >= 0.3 is 0 Å². The molecule has 1 aliphatic heterocycles. The van der Waals surface area contributed by atoms with E-state index >= 15 is 0 Å². The third-order valence-corrected chi connectivity index (χ3v) is 5.89. The second kappa shape index (κ2) is 8.10. The number of nitrogens with one attached hydrogen (secondary N) is 3. The molecule has 0 radical (unpaired) electrons. The molecule has 0 saturated carbocycles. The number of benzene rings is 1. The summed E-state index contributed by atoms with van der Waals surface area (Å²) in [6.07, 6.45) is 2.19. The van der Waals surface area contributed by atoms with E-state index in [0.717, 1.165) is 12.0 Å². The molecule has 2 aromatic heterocycles. The van der Waals surface area contributed by atoms with Crippen molar-refractivity contribution in [2.45, 2.75) is 32.1 Å². The highest BCUT2D eigenvalue weighted by Gasteiger charge is 2.27. The van der Waals surface area contributed by atoms with Crippen LogP contribution in [0.1, 0.15) is 38.1 Å². The fourth-order valence-corrected chi connectivity index (χ4v) is 4.27. The van der Waals surface area contributed by atoms with E-state index in [4.69, 9.17) is 0 Å². The lowest BCUT2D eigenvalue weighted by Crippen LogP contribution is -2.45. The van der Waals surface area contributed by atoms with Gasteiger partial charge in [0.2, 0.25) is 0 Å². The van der Waals surface area contributed by atoms with Gasteiger partial charge in [-0.3, -0.25) is 9.59 Å². The van der Waals surface area contributed by atoms with E-state index in [1.54, 1.807) is 34.2 Å². The van der Waals surface area contributed by atoms with Crippen LogP contribution in [0.5, 0.6) is 0 Å². The molecule has 4 rings (SSSR count). The van der Waals surface area contributed by atoms with Gasteiger partial charge in [0.15, 0.2) is 0 Å². The fraction of sp³-hybridized carbons (Fsp3) is 0.238. The SMILES string of the molecule is Cc1ccc(C2CC(NC(=O)c3cccn(Cc4ccccc4)c3=O)NN2)s1. The van der Waals surface area contributed by atoms with Crippen molar-refractivity contribution in [3.05, 3.63) is 92.0 Å². The molecular weight excluding hydrogens is 372 g/mol. The number of nitrogens with zero attached hydrogens (tertiary/aromatic N) is 1. The maximum atomic E-state index is 12.7. The van der Waals surface area contributed by atoms with Gasteiger partial charge in [-0.15, -0.1) is 11.3 Å². The topological polar surface area (TPSA) is 75.2 Å². The number of carbonyl (C=O) groups excluding carboxylic acids is 1. The minimum atomic E-state index is -0.366. The first kappa shape index (κ1) is 18.6. The largest absolute Gasteiger partial charge is 0.335 e. The molecule has 1 amide bonds. The highest BCUT2D eigenvalue weighted by Crippen LogP contribution is 2.27. The number of aryl methyl sites for hydroxylation is 1. The number of pyridine rings is 1. The smallest absolute Gasteiger partial charge is 0.263 e. The van der Waals surface area contributed by atoms with Crippen LogP contribution in [0.15, 0.2) is 65.6 Å². The molecule has 1 aromatic carbocycles. The molecule has 2 atom stereocenters. The van der Waals surface area contributed by atoms with Crippen molar-refractivity contribution in [2.24, 2.45) is 0 Å². The van der Waals surface area contributed by atoms with Crippen LogP contribution in [-0.2, 0) is 6.54 Å². The number of amides is 1. The molecule has 28 heavy (non-hydrogen) atoms. The van der Waals surface area contributed by atoms with Crippen LogP contribution in [-0.4, -0.2) is 16.6 Å². The zero-order valence-corrected chi connectivity index (χ0v) is 16.3. The molecule has 3 heterocycles. The standard InChI is InChI=1S/C21H22N4O2S/c1-14-9-10-18(28-14)17-12-19(24-23-17)22-20(26)16-8-5-11-25(21(16)27)13-15-6-3-2-4-7-15/h2-11,17,19,23-24H,12-13H2,1H3,(H,22,26). The van der Waals surface area contributed by atoms with Gasteiger partial charge in [0.25, 0.3) is 11.5 Å². The molecule has 0 bridgehead atoms. The van der Waals surface area contributed by atoms with Gasteiger partial charge in [-0.05, 0) is 36.8 Å². The Hall–Kier alpha value is -2.74. The fourth-order valence-electron chi connectivity index (χ4n) is 3.33. The molecule has 1 aliphatic rings. The Kier molecular flexibility index (Phi) is 5.38. The average Bonchev–Trinajstić information content (AvgIpc) is 3.33. The molecule has 6 nitrogen and oxygen atoms in total. The van der Waals surface area contributed by atoms with Crippen molar-refractivity contribution in [1.82, 2.24) is 20.7 Å². The van der Waals surface area contributed by atoms with Crippen molar-refractivity contribution in [1.29, 1.82) is 0 Å². The summed E-state index contributed by atoms with van der Waals surface area (Å²) in [4.78, 5) is 27.9. The summed E-state index contributed by atoms with van der Waals surface area (Å²) >= 11 is 1.74. The second-order valence-electron chi connectivity index (χ2n) is 6.89. The number of hydrazine groups is 1. The predicted octanol–water partition coefficient (Wildman–Crippen LogP) is 2.56. The minimum absolute atomic E-state index is 0.148. The lowest BCUT2D eigenvalue weighted by atomic mass is 10.1. The lowest BCUT2D eigenvalue weighted by Gasteiger charge is -2.13. The van der Waals surface area contributed by atoms with E-state index in [2.05, 4.69) is 35.2 Å².